The van der Waals surface area contributed by atoms with Crippen LogP contribution in [0.1, 0.15) is 25.3 Å². The van der Waals surface area contributed by atoms with Gasteiger partial charge in [-0.05, 0) is 36.3 Å². The molecule has 2 rings (SSSR count). The number of nitro groups is 1. The van der Waals surface area contributed by atoms with E-state index in [-0.39, 0.29) is 16.0 Å². The second kappa shape index (κ2) is 4.88. The Labute approximate surface area is 115 Å². The SMILES string of the molecule is COc1cc(CC2(C(C)Br)CC2)cc([N+](=O)[O-])c1. The van der Waals surface area contributed by atoms with Gasteiger partial charge in [0.2, 0.25) is 0 Å². The van der Waals surface area contributed by atoms with Gasteiger partial charge in [-0.15, -0.1) is 0 Å². The lowest BCUT2D eigenvalue weighted by Crippen LogP contribution is -2.15. The smallest absolute Gasteiger partial charge is 0.273 e. The van der Waals surface area contributed by atoms with Crippen molar-refractivity contribution in [2.45, 2.75) is 31.0 Å². The molecule has 0 heterocycles. The predicted molar refractivity (Wildman–Crippen MR) is 73.4 cm³/mol. The molecular weight excluding hydrogens is 298 g/mol. The second-order valence-electron chi connectivity index (χ2n) is 4.95. The van der Waals surface area contributed by atoms with E-state index in [1.165, 1.54) is 26.0 Å². The zero-order valence-corrected chi connectivity index (χ0v) is 12.1. The number of methoxy groups -OCH3 is 1. The number of hydrogen-bond donors (Lipinski definition) is 0. The maximum absolute atomic E-state index is 10.9. The standard InChI is InChI=1S/C13H16BrNO3/c1-9(14)13(3-4-13)8-10-5-11(15(16)17)7-12(6-10)18-2/h5-7,9H,3-4,8H2,1-2H3. The number of alkyl halides is 1. The normalized spacial score (nSPS) is 18.2. The summed E-state index contributed by atoms with van der Waals surface area (Å²) < 4.78 is 5.12. The van der Waals surface area contributed by atoms with Gasteiger partial charge in [0.15, 0.2) is 0 Å². The monoisotopic (exact) mass is 313 g/mol. The first-order valence-electron chi connectivity index (χ1n) is 5.93. The van der Waals surface area contributed by atoms with Crippen molar-refractivity contribution in [1.29, 1.82) is 0 Å². The highest BCUT2D eigenvalue weighted by Crippen LogP contribution is 2.54. The molecule has 0 radical (unpaired) electrons. The molecule has 1 aromatic rings. The highest BCUT2D eigenvalue weighted by atomic mass is 79.9. The van der Waals surface area contributed by atoms with E-state index >= 15 is 0 Å². The maximum atomic E-state index is 10.9. The minimum Gasteiger partial charge on any atom is -0.496 e. The van der Waals surface area contributed by atoms with Crippen LogP contribution in [0.25, 0.3) is 0 Å². The first-order chi connectivity index (χ1) is 8.47. The Kier molecular flexibility index (Phi) is 3.61. The van der Waals surface area contributed by atoms with E-state index in [1.54, 1.807) is 6.07 Å². The van der Waals surface area contributed by atoms with Crippen molar-refractivity contribution in [2.24, 2.45) is 5.41 Å². The predicted octanol–water partition coefficient (Wildman–Crippen LogP) is 3.71. The maximum Gasteiger partial charge on any atom is 0.273 e. The molecule has 0 aromatic heterocycles. The van der Waals surface area contributed by atoms with Gasteiger partial charge >= 0.3 is 0 Å². The fourth-order valence-electron chi connectivity index (χ4n) is 2.25. The van der Waals surface area contributed by atoms with Gasteiger partial charge in [-0.2, -0.15) is 0 Å². The van der Waals surface area contributed by atoms with Crippen LogP contribution in [0.2, 0.25) is 0 Å². The molecule has 1 unspecified atom stereocenters. The van der Waals surface area contributed by atoms with Crippen molar-refractivity contribution in [3.8, 4) is 5.75 Å². The van der Waals surface area contributed by atoms with Crippen LogP contribution in [0, 0.1) is 15.5 Å². The van der Waals surface area contributed by atoms with Crippen molar-refractivity contribution in [1.82, 2.24) is 0 Å². The third-order valence-electron chi connectivity index (χ3n) is 3.69. The molecule has 1 aromatic carbocycles. The van der Waals surface area contributed by atoms with E-state index in [0.29, 0.717) is 10.6 Å². The molecule has 0 amide bonds. The molecule has 1 atom stereocenters. The quantitative estimate of drug-likeness (QED) is 0.473. The molecule has 5 heteroatoms. The molecule has 1 fully saturated rings. The van der Waals surface area contributed by atoms with E-state index < -0.39 is 0 Å². The second-order valence-corrected chi connectivity index (χ2v) is 6.33. The van der Waals surface area contributed by atoms with Crippen LogP contribution in [0.5, 0.6) is 5.75 Å². The molecule has 0 bridgehead atoms. The average Bonchev–Trinajstić information content (AvgIpc) is 3.09. The van der Waals surface area contributed by atoms with Crippen LogP contribution < -0.4 is 4.74 Å². The molecule has 0 spiro atoms. The molecule has 1 aliphatic rings. The van der Waals surface area contributed by atoms with Gasteiger partial charge in [0.1, 0.15) is 5.75 Å². The van der Waals surface area contributed by atoms with Crippen LogP contribution in [0.15, 0.2) is 18.2 Å². The van der Waals surface area contributed by atoms with E-state index in [4.69, 9.17) is 4.74 Å². The molecule has 98 valence electrons. The van der Waals surface area contributed by atoms with Gasteiger partial charge in [0.05, 0.1) is 18.1 Å². The summed E-state index contributed by atoms with van der Waals surface area (Å²) in [6, 6.07) is 5.00. The molecule has 0 saturated heterocycles. The summed E-state index contributed by atoms with van der Waals surface area (Å²) in [6.45, 7) is 2.14. The Morgan fingerprint density at radius 1 is 1.50 bits per heavy atom. The van der Waals surface area contributed by atoms with Crippen LogP contribution in [0.3, 0.4) is 0 Å². The van der Waals surface area contributed by atoms with Gasteiger partial charge < -0.3 is 4.74 Å². The Hall–Kier alpha value is -1.10. The third kappa shape index (κ3) is 2.66. The first-order valence-corrected chi connectivity index (χ1v) is 6.85. The Morgan fingerprint density at radius 2 is 2.17 bits per heavy atom. The number of ether oxygens (including phenoxy) is 1. The summed E-state index contributed by atoms with van der Waals surface area (Å²) in [4.78, 5) is 10.9. The summed E-state index contributed by atoms with van der Waals surface area (Å²) in [5, 5.41) is 10.9. The first kappa shape index (κ1) is 13.3. The third-order valence-corrected chi connectivity index (χ3v) is 4.66. The van der Waals surface area contributed by atoms with Gasteiger partial charge in [0, 0.05) is 10.9 Å². The van der Waals surface area contributed by atoms with Crippen molar-refractivity contribution in [2.75, 3.05) is 7.11 Å². The lowest BCUT2D eigenvalue weighted by Gasteiger charge is -2.18. The summed E-state index contributed by atoms with van der Waals surface area (Å²) in [5.41, 5.74) is 1.34. The minimum atomic E-state index is -0.372. The number of benzene rings is 1. The van der Waals surface area contributed by atoms with Crippen LogP contribution in [-0.4, -0.2) is 16.9 Å². The minimum absolute atomic E-state index is 0.0994. The fourth-order valence-corrected chi connectivity index (χ4v) is 2.87. The van der Waals surface area contributed by atoms with Gasteiger partial charge in [-0.3, -0.25) is 10.1 Å². The highest BCUT2D eigenvalue weighted by Gasteiger charge is 2.46. The lowest BCUT2D eigenvalue weighted by atomic mass is 9.93. The van der Waals surface area contributed by atoms with Crippen molar-refractivity contribution < 1.29 is 9.66 Å². The molecule has 1 aliphatic carbocycles. The average molecular weight is 314 g/mol. The number of nitrogens with zero attached hydrogens (tertiary/aromatic N) is 1. The lowest BCUT2D eigenvalue weighted by molar-refractivity contribution is -0.385. The highest BCUT2D eigenvalue weighted by molar-refractivity contribution is 9.09. The molecule has 0 aliphatic heterocycles. The number of halogens is 1. The number of rotatable bonds is 5. The topological polar surface area (TPSA) is 52.4 Å². The Morgan fingerprint density at radius 3 is 2.61 bits per heavy atom. The van der Waals surface area contributed by atoms with Crippen molar-refractivity contribution in [3.63, 3.8) is 0 Å². The van der Waals surface area contributed by atoms with Crippen LogP contribution in [0.4, 0.5) is 5.69 Å². The molecular formula is C13H16BrNO3. The van der Waals surface area contributed by atoms with Gasteiger partial charge in [-0.1, -0.05) is 22.9 Å². The van der Waals surface area contributed by atoms with Crippen molar-refractivity contribution in [3.05, 3.63) is 33.9 Å². The van der Waals surface area contributed by atoms with Crippen LogP contribution in [-0.2, 0) is 6.42 Å². The van der Waals surface area contributed by atoms with Gasteiger partial charge in [-0.25, -0.2) is 0 Å². The fraction of sp³-hybridized carbons (Fsp3) is 0.538. The number of non-ortho nitro benzene ring substituents is 1. The summed E-state index contributed by atoms with van der Waals surface area (Å²) in [7, 11) is 1.53. The summed E-state index contributed by atoms with van der Waals surface area (Å²) in [5.74, 6) is 0.553. The van der Waals surface area contributed by atoms with Gasteiger partial charge in [0.25, 0.3) is 5.69 Å². The van der Waals surface area contributed by atoms with Crippen LogP contribution >= 0.6 is 15.9 Å². The molecule has 0 N–H and O–H groups in total. The Balaban J connectivity index is 2.27. The van der Waals surface area contributed by atoms with E-state index in [2.05, 4.69) is 22.9 Å². The van der Waals surface area contributed by atoms with Crippen molar-refractivity contribution >= 4 is 21.6 Å². The zero-order valence-electron chi connectivity index (χ0n) is 10.5. The molecule has 1 saturated carbocycles. The zero-order chi connectivity index (χ0) is 13.3. The van der Waals surface area contributed by atoms with E-state index in [1.807, 2.05) is 6.07 Å². The molecule has 18 heavy (non-hydrogen) atoms. The van der Waals surface area contributed by atoms with E-state index in [0.717, 1.165) is 12.0 Å². The van der Waals surface area contributed by atoms with E-state index in [9.17, 15) is 10.1 Å². The largest absolute Gasteiger partial charge is 0.496 e. The number of nitro benzene ring substituents is 1. The summed E-state index contributed by atoms with van der Waals surface area (Å²) in [6.07, 6.45) is 3.20. The summed E-state index contributed by atoms with van der Waals surface area (Å²) >= 11 is 3.63. The Bertz CT molecular complexity index is 469. The number of hydrogen-bond acceptors (Lipinski definition) is 3. The molecule has 4 nitrogen and oxygen atoms in total.